The topological polar surface area (TPSA) is 92.8 Å². The van der Waals surface area contributed by atoms with E-state index in [9.17, 15) is 18.0 Å². The molecule has 32 heavy (non-hydrogen) atoms. The number of carbonyl (C=O) groups excluding carboxylic acids is 2. The summed E-state index contributed by atoms with van der Waals surface area (Å²) in [5.41, 5.74) is 2.44. The lowest BCUT2D eigenvalue weighted by Gasteiger charge is -2.19. The van der Waals surface area contributed by atoms with Crippen LogP contribution in [0.15, 0.2) is 41.3 Å². The number of esters is 1. The van der Waals surface area contributed by atoms with Crippen molar-refractivity contribution in [2.45, 2.75) is 45.4 Å². The predicted octanol–water partition coefficient (Wildman–Crippen LogP) is 4.60. The molecule has 0 heterocycles. The van der Waals surface area contributed by atoms with Gasteiger partial charge in [-0.3, -0.25) is 4.79 Å². The first-order valence-electron chi connectivity index (χ1n) is 10.4. The molecule has 1 amide bonds. The van der Waals surface area contributed by atoms with Crippen molar-refractivity contribution in [2.24, 2.45) is 0 Å². The van der Waals surface area contributed by atoms with Crippen molar-refractivity contribution in [3.63, 3.8) is 0 Å². The van der Waals surface area contributed by atoms with Gasteiger partial charge in [-0.25, -0.2) is 13.2 Å². The van der Waals surface area contributed by atoms with Crippen molar-refractivity contribution in [1.82, 2.24) is 4.31 Å². The molecule has 174 valence electrons. The van der Waals surface area contributed by atoms with Gasteiger partial charge >= 0.3 is 5.97 Å². The van der Waals surface area contributed by atoms with E-state index in [-0.39, 0.29) is 21.4 Å². The Kier molecular flexibility index (Phi) is 8.83. The Balaban J connectivity index is 2.17. The van der Waals surface area contributed by atoms with Crippen LogP contribution in [0, 0.1) is 6.92 Å². The molecule has 2 aromatic rings. The third kappa shape index (κ3) is 5.88. The lowest BCUT2D eigenvalue weighted by molar-refractivity contribution is -0.119. The first kappa shape index (κ1) is 25.8. The van der Waals surface area contributed by atoms with Gasteiger partial charge < -0.3 is 10.1 Å². The molecule has 0 aliphatic rings. The Labute approximate surface area is 194 Å². The van der Waals surface area contributed by atoms with E-state index in [4.69, 9.17) is 16.3 Å². The van der Waals surface area contributed by atoms with E-state index in [0.717, 1.165) is 11.1 Å². The second kappa shape index (κ2) is 10.9. The fraction of sp³-hybridized carbons (Fsp3) is 0.391. The Hall–Kier alpha value is -2.42. The zero-order chi connectivity index (χ0) is 24.1. The minimum atomic E-state index is -3.78. The Morgan fingerprint density at radius 2 is 1.78 bits per heavy atom. The Morgan fingerprint density at radius 1 is 1.12 bits per heavy atom. The van der Waals surface area contributed by atoms with E-state index in [1.807, 2.05) is 39.0 Å². The lowest BCUT2D eigenvalue weighted by atomic mass is 9.98. The summed E-state index contributed by atoms with van der Waals surface area (Å²) in [6.07, 6.45) is 0. The summed E-state index contributed by atoms with van der Waals surface area (Å²) in [7, 11) is -3.78. The van der Waals surface area contributed by atoms with Crippen molar-refractivity contribution in [2.75, 3.05) is 25.0 Å². The van der Waals surface area contributed by atoms with Gasteiger partial charge in [0.05, 0.1) is 15.5 Å². The van der Waals surface area contributed by atoms with Crippen molar-refractivity contribution in [1.29, 1.82) is 0 Å². The first-order chi connectivity index (χ1) is 15.0. The minimum absolute atomic E-state index is 0.0369. The van der Waals surface area contributed by atoms with Gasteiger partial charge in [0.1, 0.15) is 0 Å². The second-order valence-electron chi connectivity index (χ2n) is 7.55. The van der Waals surface area contributed by atoms with Crippen LogP contribution in [0.2, 0.25) is 5.02 Å². The smallest absolute Gasteiger partial charge is 0.340 e. The Bertz CT molecular complexity index is 1100. The third-order valence-electron chi connectivity index (χ3n) is 5.03. The third-order valence-corrected chi connectivity index (χ3v) is 7.40. The van der Waals surface area contributed by atoms with E-state index in [1.54, 1.807) is 13.8 Å². The average molecular weight is 481 g/mol. The maximum atomic E-state index is 12.7. The highest BCUT2D eigenvalue weighted by molar-refractivity contribution is 7.89. The number of anilines is 1. The highest BCUT2D eigenvalue weighted by Gasteiger charge is 2.24. The van der Waals surface area contributed by atoms with Gasteiger partial charge in [-0.1, -0.05) is 57.5 Å². The number of rotatable bonds is 9. The van der Waals surface area contributed by atoms with E-state index >= 15 is 0 Å². The summed E-state index contributed by atoms with van der Waals surface area (Å²) in [5, 5.41) is 2.83. The van der Waals surface area contributed by atoms with Gasteiger partial charge in [-0.2, -0.15) is 4.31 Å². The monoisotopic (exact) mass is 480 g/mol. The van der Waals surface area contributed by atoms with Crippen LogP contribution in [0.4, 0.5) is 5.69 Å². The number of nitrogens with zero attached hydrogens (tertiary/aromatic N) is 1. The maximum Gasteiger partial charge on any atom is 0.340 e. The molecular weight excluding hydrogens is 452 g/mol. The molecule has 0 saturated carbocycles. The molecule has 2 rings (SSSR count). The quantitative estimate of drug-likeness (QED) is 0.529. The fourth-order valence-electron chi connectivity index (χ4n) is 3.26. The summed E-state index contributed by atoms with van der Waals surface area (Å²) in [6.45, 7) is 9.42. The number of nitrogens with one attached hydrogen (secondary N) is 1. The van der Waals surface area contributed by atoms with E-state index < -0.39 is 28.5 Å². The highest BCUT2D eigenvalue weighted by atomic mass is 35.5. The van der Waals surface area contributed by atoms with Crippen LogP contribution < -0.4 is 5.32 Å². The fourth-order valence-corrected chi connectivity index (χ4v) is 4.94. The molecule has 0 aromatic heterocycles. The van der Waals surface area contributed by atoms with Gasteiger partial charge in [0.2, 0.25) is 10.0 Å². The summed E-state index contributed by atoms with van der Waals surface area (Å²) < 4.78 is 31.9. The summed E-state index contributed by atoms with van der Waals surface area (Å²) in [4.78, 5) is 24.9. The van der Waals surface area contributed by atoms with Crippen molar-refractivity contribution in [3.05, 3.63) is 58.1 Å². The van der Waals surface area contributed by atoms with E-state index in [2.05, 4.69) is 5.32 Å². The molecule has 0 radical (unpaired) electrons. The summed E-state index contributed by atoms with van der Waals surface area (Å²) in [6, 6.07) is 9.58. The van der Waals surface area contributed by atoms with Gasteiger partial charge in [-0.15, -0.1) is 0 Å². The van der Waals surface area contributed by atoms with Crippen LogP contribution in [0.3, 0.4) is 0 Å². The van der Waals surface area contributed by atoms with Crippen LogP contribution in [0.25, 0.3) is 0 Å². The molecule has 2 aromatic carbocycles. The molecule has 0 aliphatic carbocycles. The molecule has 7 nitrogen and oxygen atoms in total. The van der Waals surface area contributed by atoms with Gasteiger partial charge in [0, 0.05) is 18.8 Å². The molecule has 9 heteroatoms. The lowest BCUT2D eigenvalue weighted by Crippen LogP contribution is -2.30. The maximum absolute atomic E-state index is 12.7. The second-order valence-corrected chi connectivity index (χ2v) is 9.89. The van der Waals surface area contributed by atoms with Crippen LogP contribution >= 0.6 is 11.6 Å². The van der Waals surface area contributed by atoms with Gasteiger partial charge in [0.15, 0.2) is 6.61 Å². The Morgan fingerprint density at radius 3 is 2.38 bits per heavy atom. The minimum Gasteiger partial charge on any atom is -0.452 e. The van der Waals surface area contributed by atoms with Gasteiger partial charge in [-0.05, 0) is 42.2 Å². The van der Waals surface area contributed by atoms with Crippen molar-refractivity contribution in [3.8, 4) is 0 Å². The molecule has 0 unspecified atom stereocenters. The average Bonchev–Trinajstić information content (AvgIpc) is 2.74. The highest BCUT2D eigenvalue weighted by Crippen LogP contribution is 2.27. The van der Waals surface area contributed by atoms with Crippen molar-refractivity contribution >= 4 is 39.2 Å². The molecule has 0 aliphatic heterocycles. The predicted molar refractivity (Wildman–Crippen MR) is 126 cm³/mol. The largest absolute Gasteiger partial charge is 0.452 e. The molecule has 0 fully saturated rings. The van der Waals surface area contributed by atoms with Crippen LogP contribution in [-0.4, -0.2) is 44.3 Å². The van der Waals surface area contributed by atoms with Crippen molar-refractivity contribution < 1.29 is 22.7 Å². The zero-order valence-electron chi connectivity index (χ0n) is 18.9. The number of benzene rings is 2. The number of sulfonamides is 1. The molecule has 0 spiro atoms. The molecule has 0 atom stereocenters. The molecule has 0 saturated heterocycles. The number of hydrogen-bond acceptors (Lipinski definition) is 5. The number of carbonyl (C=O) groups is 2. The zero-order valence-corrected chi connectivity index (χ0v) is 20.5. The van der Waals surface area contributed by atoms with E-state index in [1.165, 1.54) is 22.5 Å². The number of aryl methyl sites for hydroxylation is 1. The van der Waals surface area contributed by atoms with Gasteiger partial charge in [0.25, 0.3) is 5.91 Å². The number of amides is 1. The number of ether oxygens (including phenoxy) is 1. The summed E-state index contributed by atoms with van der Waals surface area (Å²) in [5.74, 6) is -1.18. The number of halogens is 1. The normalized spacial score (nSPS) is 11.6. The standard InChI is InChI=1S/C23H29ClN2O5S/c1-6-26(7-2)32(29,30)17-11-12-20(24)19(13-17)23(28)31-14-21(27)25-22-16(5)9-8-10-18(22)15(3)4/h8-13,15H,6-7,14H2,1-5H3,(H,25,27). The van der Waals surface area contributed by atoms with E-state index in [0.29, 0.717) is 18.8 Å². The molecule has 1 N–H and O–H groups in total. The van der Waals surface area contributed by atoms with Crippen LogP contribution in [0.1, 0.15) is 55.1 Å². The first-order valence-corrected chi connectivity index (χ1v) is 12.2. The number of hydrogen-bond donors (Lipinski definition) is 1. The summed E-state index contributed by atoms with van der Waals surface area (Å²) >= 11 is 6.10. The molecular formula is C23H29ClN2O5S. The van der Waals surface area contributed by atoms with Crippen LogP contribution in [-0.2, 0) is 19.6 Å². The molecule has 0 bridgehead atoms. The SMILES string of the molecule is CCN(CC)S(=O)(=O)c1ccc(Cl)c(C(=O)OCC(=O)Nc2c(C)cccc2C(C)C)c1. The van der Waals surface area contributed by atoms with Crippen LogP contribution in [0.5, 0.6) is 0 Å². The number of para-hydroxylation sites is 1.